The Labute approximate surface area is 190 Å². The summed E-state index contributed by atoms with van der Waals surface area (Å²) in [4.78, 5) is 4.60. The molecule has 2 rings (SSSR count). The molecule has 0 fully saturated rings. The molecule has 0 radical (unpaired) electrons. The summed E-state index contributed by atoms with van der Waals surface area (Å²) < 4.78 is 30.9. The molecule has 0 aromatic heterocycles. The van der Waals surface area contributed by atoms with Gasteiger partial charge < -0.3 is 15.4 Å². The van der Waals surface area contributed by atoms with Crippen LogP contribution in [0.4, 0.5) is 0 Å². The third kappa shape index (κ3) is 8.58. The van der Waals surface area contributed by atoms with Gasteiger partial charge in [0.15, 0.2) is 5.96 Å². The largest absolute Gasteiger partial charge is 0.496 e. The molecule has 29 heavy (non-hydrogen) atoms. The molecule has 0 aliphatic carbocycles. The second-order valence-corrected chi connectivity index (χ2v) is 8.07. The van der Waals surface area contributed by atoms with Gasteiger partial charge in [0, 0.05) is 18.7 Å². The molecular formula is C20H29IN4O3S. The molecule has 0 aliphatic rings. The van der Waals surface area contributed by atoms with Gasteiger partial charge >= 0.3 is 0 Å². The Bertz CT molecular complexity index is 887. The summed E-state index contributed by atoms with van der Waals surface area (Å²) in [7, 11) is -0.194. The van der Waals surface area contributed by atoms with Gasteiger partial charge in [0.25, 0.3) is 0 Å². The van der Waals surface area contributed by atoms with E-state index in [4.69, 9.17) is 4.74 Å². The van der Waals surface area contributed by atoms with Crippen LogP contribution in [0.2, 0.25) is 0 Å². The van der Waals surface area contributed by atoms with E-state index in [1.165, 1.54) is 7.05 Å². The van der Waals surface area contributed by atoms with Crippen molar-refractivity contribution >= 4 is 40.0 Å². The molecule has 160 valence electrons. The second-order valence-electron chi connectivity index (χ2n) is 6.14. The van der Waals surface area contributed by atoms with Crippen LogP contribution < -0.4 is 20.1 Å². The van der Waals surface area contributed by atoms with E-state index in [0.717, 1.165) is 29.0 Å². The van der Waals surface area contributed by atoms with Crippen LogP contribution in [0.1, 0.15) is 23.6 Å². The van der Waals surface area contributed by atoms with Gasteiger partial charge in [0.1, 0.15) is 5.75 Å². The number of ether oxygens (including phenoxy) is 1. The number of hydrogen-bond donors (Lipinski definition) is 3. The number of rotatable bonds is 9. The Morgan fingerprint density at radius 1 is 1.03 bits per heavy atom. The van der Waals surface area contributed by atoms with Crippen molar-refractivity contribution in [2.24, 2.45) is 4.99 Å². The highest BCUT2D eigenvalue weighted by atomic mass is 127. The molecule has 7 nitrogen and oxygen atoms in total. The normalized spacial score (nSPS) is 11.5. The number of para-hydroxylation sites is 1. The predicted octanol–water partition coefficient (Wildman–Crippen LogP) is 2.62. The molecule has 0 saturated heterocycles. The molecule has 0 unspecified atom stereocenters. The maximum Gasteiger partial charge on any atom is 0.215 e. The van der Waals surface area contributed by atoms with Crippen molar-refractivity contribution in [3.05, 3.63) is 65.2 Å². The van der Waals surface area contributed by atoms with Crippen LogP contribution in [0.5, 0.6) is 5.75 Å². The first-order valence-electron chi connectivity index (χ1n) is 9.10. The number of sulfonamides is 1. The minimum absolute atomic E-state index is 0. The quantitative estimate of drug-likeness (QED) is 0.263. The molecule has 9 heteroatoms. The molecule has 0 bridgehead atoms. The van der Waals surface area contributed by atoms with E-state index in [1.54, 1.807) is 7.11 Å². The number of guanidine groups is 1. The van der Waals surface area contributed by atoms with Gasteiger partial charge in [-0.15, -0.1) is 24.0 Å². The number of aliphatic imine (C=N–C) groups is 1. The van der Waals surface area contributed by atoms with E-state index in [2.05, 4.69) is 20.3 Å². The van der Waals surface area contributed by atoms with Crippen LogP contribution in [0.3, 0.4) is 0 Å². The molecule has 0 amide bonds. The lowest BCUT2D eigenvalue weighted by Crippen LogP contribution is -2.36. The summed E-state index contributed by atoms with van der Waals surface area (Å²) in [6, 6.07) is 15.3. The Morgan fingerprint density at radius 2 is 1.69 bits per heavy atom. The molecule has 0 saturated carbocycles. The Hall–Kier alpha value is -1.85. The van der Waals surface area contributed by atoms with E-state index >= 15 is 0 Å². The lowest BCUT2D eigenvalue weighted by molar-refractivity contribution is 0.409. The average Bonchev–Trinajstić information content (AvgIpc) is 2.71. The maximum absolute atomic E-state index is 11.6. The van der Waals surface area contributed by atoms with Gasteiger partial charge in [0.2, 0.25) is 10.0 Å². The smallest absolute Gasteiger partial charge is 0.215 e. The third-order valence-corrected chi connectivity index (χ3v) is 5.43. The van der Waals surface area contributed by atoms with Crippen molar-refractivity contribution in [3.63, 3.8) is 0 Å². The molecule has 0 heterocycles. The zero-order valence-corrected chi connectivity index (χ0v) is 20.1. The van der Waals surface area contributed by atoms with Crippen molar-refractivity contribution in [2.75, 3.05) is 20.7 Å². The molecule has 2 aromatic rings. The lowest BCUT2D eigenvalue weighted by Gasteiger charge is -2.13. The third-order valence-electron chi connectivity index (χ3n) is 4.09. The van der Waals surface area contributed by atoms with Crippen LogP contribution >= 0.6 is 24.0 Å². The zero-order chi connectivity index (χ0) is 20.4. The highest BCUT2D eigenvalue weighted by Gasteiger charge is 2.08. The fraction of sp³-hybridized carbons (Fsp3) is 0.350. The maximum atomic E-state index is 11.6. The highest BCUT2D eigenvalue weighted by molar-refractivity contribution is 14.0. The summed E-state index contributed by atoms with van der Waals surface area (Å²) in [6.07, 6.45) is 0. The summed E-state index contributed by atoms with van der Waals surface area (Å²) in [5, 5.41) is 6.52. The van der Waals surface area contributed by atoms with E-state index < -0.39 is 10.0 Å². The number of benzene rings is 2. The van der Waals surface area contributed by atoms with Crippen LogP contribution in [-0.2, 0) is 28.9 Å². The number of nitrogens with one attached hydrogen (secondary N) is 3. The highest BCUT2D eigenvalue weighted by Crippen LogP contribution is 2.16. The van der Waals surface area contributed by atoms with E-state index in [-0.39, 0.29) is 29.7 Å². The Morgan fingerprint density at radius 3 is 2.31 bits per heavy atom. The molecule has 0 aliphatic heterocycles. The molecule has 0 spiro atoms. The summed E-state index contributed by atoms with van der Waals surface area (Å²) in [5.41, 5.74) is 2.79. The van der Waals surface area contributed by atoms with Gasteiger partial charge in [-0.3, -0.25) is 0 Å². The molecular weight excluding hydrogens is 503 g/mol. The van der Waals surface area contributed by atoms with Crippen LogP contribution in [0, 0.1) is 0 Å². The SMILES string of the molecule is CCNC(=NCc1ccc(CS(=O)(=O)NC)cc1)NCc1ccccc1OC.I. The summed E-state index contributed by atoms with van der Waals surface area (Å²) in [6.45, 7) is 3.84. The van der Waals surface area contributed by atoms with Gasteiger partial charge in [-0.05, 0) is 31.2 Å². The summed E-state index contributed by atoms with van der Waals surface area (Å²) in [5.74, 6) is 1.50. The molecule has 0 atom stereocenters. The predicted molar refractivity (Wildman–Crippen MR) is 128 cm³/mol. The zero-order valence-electron chi connectivity index (χ0n) is 16.9. The van der Waals surface area contributed by atoms with E-state index in [1.807, 2.05) is 55.5 Å². The van der Waals surface area contributed by atoms with E-state index in [0.29, 0.717) is 19.0 Å². The van der Waals surface area contributed by atoms with Gasteiger partial charge in [0.05, 0.1) is 19.4 Å². The second kappa shape index (κ2) is 12.7. The number of methoxy groups -OCH3 is 1. The first-order valence-corrected chi connectivity index (χ1v) is 10.8. The van der Waals surface area contributed by atoms with Gasteiger partial charge in [-0.25, -0.2) is 18.1 Å². The Kier molecular flexibility index (Phi) is 11.0. The van der Waals surface area contributed by atoms with Crippen molar-refractivity contribution in [1.29, 1.82) is 0 Å². The standard InChI is InChI=1S/C20H28N4O3S.HI/c1-4-22-20(24-14-18-7-5-6-8-19(18)27-3)23-13-16-9-11-17(12-10-16)15-28(25,26)21-2;/h5-12,21H,4,13-15H2,1-3H3,(H2,22,23,24);1H. The monoisotopic (exact) mass is 532 g/mol. The lowest BCUT2D eigenvalue weighted by atomic mass is 10.1. The van der Waals surface area contributed by atoms with Crippen molar-refractivity contribution in [2.45, 2.75) is 25.8 Å². The van der Waals surface area contributed by atoms with Crippen LogP contribution in [-0.4, -0.2) is 35.1 Å². The number of nitrogens with zero attached hydrogens (tertiary/aromatic N) is 1. The number of halogens is 1. The van der Waals surface area contributed by atoms with Crippen molar-refractivity contribution in [3.8, 4) is 5.75 Å². The van der Waals surface area contributed by atoms with Crippen LogP contribution in [0.25, 0.3) is 0 Å². The molecule has 2 aromatic carbocycles. The molecule has 3 N–H and O–H groups in total. The topological polar surface area (TPSA) is 91.8 Å². The van der Waals surface area contributed by atoms with Gasteiger partial charge in [-0.1, -0.05) is 42.5 Å². The van der Waals surface area contributed by atoms with Crippen molar-refractivity contribution < 1.29 is 13.2 Å². The summed E-state index contributed by atoms with van der Waals surface area (Å²) >= 11 is 0. The first kappa shape index (κ1) is 25.2. The van der Waals surface area contributed by atoms with Gasteiger partial charge in [-0.2, -0.15) is 0 Å². The van der Waals surface area contributed by atoms with E-state index in [9.17, 15) is 8.42 Å². The number of hydrogen-bond acceptors (Lipinski definition) is 4. The Balaban J connectivity index is 0.00000420. The first-order chi connectivity index (χ1) is 13.5. The average molecular weight is 532 g/mol. The minimum atomic E-state index is -3.27. The van der Waals surface area contributed by atoms with Crippen molar-refractivity contribution in [1.82, 2.24) is 15.4 Å². The fourth-order valence-electron chi connectivity index (χ4n) is 2.57. The fourth-order valence-corrected chi connectivity index (χ4v) is 3.35. The minimum Gasteiger partial charge on any atom is -0.496 e. The van der Waals surface area contributed by atoms with Crippen LogP contribution in [0.15, 0.2) is 53.5 Å².